The predicted octanol–water partition coefficient (Wildman–Crippen LogP) is 2.75. The normalized spacial score (nSPS) is 10.8. The van der Waals surface area contributed by atoms with Gasteiger partial charge in [0, 0.05) is 12.2 Å². The molecule has 0 aliphatic heterocycles. The fourth-order valence-corrected chi connectivity index (χ4v) is 1.50. The maximum absolute atomic E-state index is 5.66. The van der Waals surface area contributed by atoms with Crippen molar-refractivity contribution in [3.05, 3.63) is 42.0 Å². The third kappa shape index (κ3) is 2.84. The molecular weight excluding hydrogens is 214 g/mol. The van der Waals surface area contributed by atoms with Gasteiger partial charge in [0.05, 0.1) is 18.1 Å². The molecule has 0 saturated heterocycles. The van der Waals surface area contributed by atoms with Crippen molar-refractivity contribution in [1.82, 2.24) is 14.8 Å². The molecule has 2 aromatic heterocycles. The van der Waals surface area contributed by atoms with E-state index in [0.29, 0.717) is 12.6 Å². The summed E-state index contributed by atoms with van der Waals surface area (Å²) < 4.78 is 7.53. The van der Waals surface area contributed by atoms with Gasteiger partial charge in [-0.15, -0.1) is 0 Å². The predicted molar refractivity (Wildman–Crippen MR) is 65.9 cm³/mol. The molecule has 2 heterocycles. The van der Waals surface area contributed by atoms with Gasteiger partial charge in [0.1, 0.15) is 6.61 Å². The van der Waals surface area contributed by atoms with Gasteiger partial charge >= 0.3 is 0 Å². The van der Waals surface area contributed by atoms with Gasteiger partial charge in [-0.25, -0.2) is 0 Å². The van der Waals surface area contributed by atoms with E-state index in [1.54, 1.807) is 12.4 Å². The number of nitrogens with zero attached hydrogens (tertiary/aromatic N) is 3. The zero-order valence-electron chi connectivity index (χ0n) is 10.4. The second-order valence-corrected chi connectivity index (χ2v) is 4.31. The summed E-state index contributed by atoms with van der Waals surface area (Å²) >= 11 is 0. The van der Waals surface area contributed by atoms with Crippen molar-refractivity contribution < 1.29 is 4.74 Å². The number of hydrogen-bond donors (Lipinski definition) is 0. The van der Waals surface area contributed by atoms with Crippen molar-refractivity contribution in [3.63, 3.8) is 0 Å². The Bertz CT molecular complexity index is 491. The van der Waals surface area contributed by atoms with Gasteiger partial charge in [-0.05, 0) is 32.4 Å². The van der Waals surface area contributed by atoms with Crippen molar-refractivity contribution in [3.8, 4) is 5.75 Å². The fraction of sp³-hybridized carbons (Fsp3) is 0.385. The summed E-state index contributed by atoms with van der Waals surface area (Å²) in [7, 11) is 0. The number of aryl methyl sites for hydroxylation is 1. The molecule has 4 nitrogen and oxygen atoms in total. The summed E-state index contributed by atoms with van der Waals surface area (Å²) in [6.45, 7) is 6.68. The van der Waals surface area contributed by atoms with Crippen molar-refractivity contribution in [2.45, 2.75) is 33.4 Å². The van der Waals surface area contributed by atoms with Gasteiger partial charge < -0.3 is 4.74 Å². The van der Waals surface area contributed by atoms with Crippen LogP contribution < -0.4 is 4.74 Å². The van der Waals surface area contributed by atoms with E-state index in [2.05, 4.69) is 23.9 Å². The van der Waals surface area contributed by atoms with E-state index in [9.17, 15) is 0 Å². The minimum atomic E-state index is 0.351. The number of rotatable bonds is 4. The lowest BCUT2D eigenvalue weighted by atomic mass is 10.2. The zero-order chi connectivity index (χ0) is 12.3. The van der Waals surface area contributed by atoms with Crippen molar-refractivity contribution in [2.24, 2.45) is 0 Å². The molecule has 0 N–H and O–H groups in total. The molecule has 0 aliphatic rings. The van der Waals surface area contributed by atoms with Crippen LogP contribution in [0.25, 0.3) is 0 Å². The molecular formula is C13H17N3O. The standard InChI is InChI=1S/C13H17N3O/c1-10(2)16-8-12(7-15-16)17-9-13-11(3)5-4-6-14-13/h4-8,10H,9H2,1-3H3. The molecule has 2 aromatic rings. The molecule has 0 aromatic carbocycles. The summed E-state index contributed by atoms with van der Waals surface area (Å²) in [5, 5.41) is 4.22. The highest BCUT2D eigenvalue weighted by molar-refractivity contribution is 5.18. The highest BCUT2D eigenvalue weighted by atomic mass is 16.5. The van der Waals surface area contributed by atoms with E-state index >= 15 is 0 Å². The van der Waals surface area contributed by atoms with Crippen molar-refractivity contribution >= 4 is 0 Å². The Balaban J connectivity index is 2.00. The Morgan fingerprint density at radius 1 is 1.41 bits per heavy atom. The third-order valence-corrected chi connectivity index (χ3v) is 2.60. The molecule has 0 bridgehead atoms. The monoisotopic (exact) mass is 231 g/mol. The third-order valence-electron chi connectivity index (χ3n) is 2.60. The lowest BCUT2D eigenvalue weighted by Gasteiger charge is -2.06. The first kappa shape index (κ1) is 11.6. The Labute approximate surface area is 101 Å². The first-order chi connectivity index (χ1) is 8.16. The summed E-state index contributed by atoms with van der Waals surface area (Å²) in [6.07, 6.45) is 5.42. The van der Waals surface area contributed by atoms with Crippen LogP contribution in [0.3, 0.4) is 0 Å². The van der Waals surface area contributed by atoms with Crippen LogP contribution in [0.5, 0.6) is 5.75 Å². The van der Waals surface area contributed by atoms with Gasteiger partial charge in [-0.2, -0.15) is 5.10 Å². The first-order valence-electron chi connectivity index (χ1n) is 5.74. The van der Waals surface area contributed by atoms with E-state index in [1.807, 2.05) is 29.9 Å². The highest BCUT2D eigenvalue weighted by Crippen LogP contribution is 2.14. The molecule has 90 valence electrons. The van der Waals surface area contributed by atoms with Crippen LogP contribution in [0.2, 0.25) is 0 Å². The number of pyridine rings is 1. The highest BCUT2D eigenvalue weighted by Gasteiger charge is 2.04. The van der Waals surface area contributed by atoms with Gasteiger partial charge in [-0.1, -0.05) is 6.07 Å². The Morgan fingerprint density at radius 2 is 2.24 bits per heavy atom. The van der Waals surface area contributed by atoms with Crippen LogP contribution in [-0.4, -0.2) is 14.8 Å². The summed E-state index contributed by atoms with van der Waals surface area (Å²) in [5.41, 5.74) is 2.11. The maximum Gasteiger partial charge on any atom is 0.157 e. The minimum absolute atomic E-state index is 0.351. The number of ether oxygens (including phenoxy) is 1. The van der Waals surface area contributed by atoms with Gasteiger partial charge in [0.15, 0.2) is 5.75 Å². The SMILES string of the molecule is Cc1cccnc1COc1cnn(C(C)C)c1. The Morgan fingerprint density at radius 3 is 2.88 bits per heavy atom. The molecule has 2 rings (SSSR count). The Kier molecular flexibility index (Phi) is 3.42. The zero-order valence-corrected chi connectivity index (χ0v) is 10.4. The first-order valence-corrected chi connectivity index (χ1v) is 5.74. The second-order valence-electron chi connectivity index (χ2n) is 4.31. The second kappa shape index (κ2) is 4.99. The van der Waals surface area contributed by atoms with Crippen LogP contribution >= 0.6 is 0 Å². The van der Waals surface area contributed by atoms with Gasteiger partial charge in [-0.3, -0.25) is 9.67 Å². The minimum Gasteiger partial charge on any atom is -0.484 e. The molecule has 0 unspecified atom stereocenters. The molecule has 0 radical (unpaired) electrons. The summed E-state index contributed by atoms with van der Waals surface area (Å²) in [6, 6.07) is 4.31. The summed E-state index contributed by atoms with van der Waals surface area (Å²) in [4.78, 5) is 4.28. The van der Waals surface area contributed by atoms with Crippen LogP contribution in [0.4, 0.5) is 0 Å². The molecule has 0 saturated carbocycles. The lowest BCUT2D eigenvalue weighted by Crippen LogP contribution is -2.01. The summed E-state index contributed by atoms with van der Waals surface area (Å²) in [5.74, 6) is 0.781. The molecule has 0 spiro atoms. The van der Waals surface area contributed by atoms with Crippen LogP contribution in [0, 0.1) is 6.92 Å². The number of hydrogen-bond acceptors (Lipinski definition) is 3. The van der Waals surface area contributed by atoms with Gasteiger partial charge in [0.25, 0.3) is 0 Å². The van der Waals surface area contributed by atoms with E-state index < -0.39 is 0 Å². The molecule has 0 aliphatic carbocycles. The molecule has 0 fully saturated rings. The topological polar surface area (TPSA) is 39.9 Å². The molecule has 17 heavy (non-hydrogen) atoms. The Hall–Kier alpha value is -1.84. The average Bonchev–Trinajstić information content (AvgIpc) is 2.77. The van der Waals surface area contributed by atoms with E-state index in [-0.39, 0.29) is 0 Å². The van der Waals surface area contributed by atoms with Crippen molar-refractivity contribution in [1.29, 1.82) is 0 Å². The van der Waals surface area contributed by atoms with Crippen molar-refractivity contribution in [2.75, 3.05) is 0 Å². The quantitative estimate of drug-likeness (QED) is 0.812. The van der Waals surface area contributed by atoms with E-state index in [0.717, 1.165) is 17.0 Å². The average molecular weight is 231 g/mol. The molecule has 4 heteroatoms. The lowest BCUT2D eigenvalue weighted by molar-refractivity contribution is 0.299. The van der Waals surface area contributed by atoms with E-state index in [4.69, 9.17) is 4.74 Å². The maximum atomic E-state index is 5.66. The van der Waals surface area contributed by atoms with Gasteiger partial charge in [0.2, 0.25) is 0 Å². The fourth-order valence-electron chi connectivity index (χ4n) is 1.50. The molecule has 0 amide bonds. The largest absolute Gasteiger partial charge is 0.484 e. The number of aromatic nitrogens is 3. The van der Waals surface area contributed by atoms with Crippen LogP contribution in [0.1, 0.15) is 31.1 Å². The van der Waals surface area contributed by atoms with Crippen LogP contribution in [-0.2, 0) is 6.61 Å². The van der Waals surface area contributed by atoms with Crippen LogP contribution in [0.15, 0.2) is 30.7 Å². The van der Waals surface area contributed by atoms with E-state index in [1.165, 1.54) is 0 Å². The molecule has 0 atom stereocenters. The smallest absolute Gasteiger partial charge is 0.157 e.